The number of amidine groups is 1. The Morgan fingerprint density at radius 3 is 3.11 bits per heavy atom. The van der Waals surface area contributed by atoms with E-state index in [1.54, 1.807) is 16.8 Å². The molecule has 0 amide bonds. The fourth-order valence-electron chi connectivity index (χ4n) is 2.10. The third kappa shape index (κ3) is 2.70. The molecule has 1 fully saturated rings. The molecule has 1 atom stereocenters. The summed E-state index contributed by atoms with van der Waals surface area (Å²) in [7, 11) is 0. The molecular formula is C12H17N3O3. The molecule has 0 bridgehead atoms. The molecule has 0 saturated carbocycles. The largest absolute Gasteiger partial charge is 0.409 e. The molecular weight excluding hydrogens is 234 g/mol. The van der Waals surface area contributed by atoms with Crippen LogP contribution in [-0.2, 0) is 11.3 Å². The summed E-state index contributed by atoms with van der Waals surface area (Å²) >= 11 is 0. The molecule has 0 aliphatic carbocycles. The third-order valence-electron chi connectivity index (χ3n) is 3.08. The molecule has 1 saturated heterocycles. The summed E-state index contributed by atoms with van der Waals surface area (Å²) in [5.74, 6) is -0.168. The van der Waals surface area contributed by atoms with Crippen LogP contribution < -0.4 is 11.3 Å². The molecule has 0 aromatic carbocycles. The molecule has 1 aromatic rings. The molecule has 98 valence electrons. The van der Waals surface area contributed by atoms with Crippen LogP contribution in [0.25, 0.3) is 0 Å². The Morgan fingerprint density at radius 2 is 2.44 bits per heavy atom. The first kappa shape index (κ1) is 12.6. The third-order valence-corrected chi connectivity index (χ3v) is 3.08. The van der Waals surface area contributed by atoms with Gasteiger partial charge in [-0.1, -0.05) is 5.16 Å². The minimum atomic E-state index is -0.262. The van der Waals surface area contributed by atoms with E-state index < -0.39 is 0 Å². The lowest BCUT2D eigenvalue weighted by atomic mass is 10.1. The lowest BCUT2D eigenvalue weighted by Crippen LogP contribution is -2.34. The van der Waals surface area contributed by atoms with Crippen molar-refractivity contribution in [2.45, 2.75) is 31.9 Å². The normalized spacial score (nSPS) is 20.9. The minimum Gasteiger partial charge on any atom is -0.409 e. The Kier molecular flexibility index (Phi) is 3.99. The SMILES string of the molecule is N/C(=N/O)c1cccn(CC2CCCCO2)c1=O. The maximum atomic E-state index is 12.1. The first-order valence-electron chi connectivity index (χ1n) is 6.01. The van der Waals surface area contributed by atoms with E-state index in [4.69, 9.17) is 15.7 Å². The number of rotatable bonds is 3. The Bertz CT molecular complexity index is 490. The second-order valence-corrected chi connectivity index (χ2v) is 4.35. The summed E-state index contributed by atoms with van der Waals surface area (Å²) in [6.45, 7) is 1.25. The van der Waals surface area contributed by atoms with Crippen molar-refractivity contribution in [3.8, 4) is 0 Å². The van der Waals surface area contributed by atoms with Gasteiger partial charge in [-0.2, -0.15) is 0 Å². The van der Waals surface area contributed by atoms with Gasteiger partial charge in [-0.15, -0.1) is 0 Å². The van der Waals surface area contributed by atoms with Crippen molar-refractivity contribution in [2.24, 2.45) is 10.9 Å². The number of pyridine rings is 1. The fraction of sp³-hybridized carbons (Fsp3) is 0.500. The summed E-state index contributed by atoms with van der Waals surface area (Å²) in [5, 5.41) is 11.5. The van der Waals surface area contributed by atoms with E-state index in [1.807, 2.05) is 0 Å². The number of oxime groups is 1. The standard InChI is InChI=1S/C12H17N3O3/c13-11(14-17)10-5-3-6-15(12(10)16)8-9-4-1-2-7-18-9/h3,5-6,9,17H,1-2,4,7-8H2,(H2,13,14). The van der Waals surface area contributed by atoms with Crippen molar-refractivity contribution in [1.29, 1.82) is 0 Å². The quantitative estimate of drug-likeness (QED) is 0.354. The second kappa shape index (κ2) is 5.68. The first-order valence-corrected chi connectivity index (χ1v) is 6.01. The average molecular weight is 251 g/mol. The predicted molar refractivity (Wildman–Crippen MR) is 66.8 cm³/mol. The minimum absolute atomic E-state index is 0.0685. The van der Waals surface area contributed by atoms with Gasteiger partial charge in [0.15, 0.2) is 5.84 Å². The highest BCUT2D eigenvalue weighted by molar-refractivity contribution is 5.96. The molecule has 1 aliphatic heterocycles. The molecule has 0 radical (unpaired) electrons. The van der Waals surface area contributed by atoms with Crippen LogP contribution in [0, 0.1) is 0 Å². The lowest BCUT2D eigenvalue weighted by molar-refractivity contribution is 0.00542. The molecule has 6 heteroatoms. The van der Waals surface area contributed by atoms with Gasteiger partial charge in [-0.05, 0) is 31.4 Å². The smallest absolute Gasteiger partial charge is 0.261 e. The van der Waals surface area contributed by atoms with Crippen LogP contribution in [0.1, 0.15) is 24.8 Å². The van der Waals surface area contributed by atoms with Gasteiger partial charge in [0.2, 0.25) is 0 Å². The van der Waals surface area contributed by atoms with E-state index in [0.29, 0.717) is 6.54 Å². The van der Waals surface area contributed by atoms with Gasteiger partial charge < -0.3 is 20.2 Å². The van der Waals surface area contributed by atoms with E-state index in [-0.39, 0.29) is 23.1 Å². The number of hydrogen-bond acceptors (Lipinski definition) is 4. The van der Waals surface area contributed by atoms with Gasteiger partial charge in [-0.25, -0.2) is 0 Å². The van der Waals surface area contributed by atoms with Crippen molar-refractivity contribution in [1.82, 2.24) is 4.57 Å². The highest BCUT2D eigenvalue weighted by Gasteiger charge is 2.16. The van der Waals surface area contributed by atoms with E-state index >= 15 is 0 Å². The first-order chi connectivity index (χ1) is 8.72. The Morgan fingerprint density at radius 1 is 1.61 bits per heavy atom. The highest BCUT2D eigenvalue weighted by atomic mass is 16.5. The molecule has 0 spiro atoms. The Hall–Kier alpha value is -1.82. The molecule has 1 aliphatic rings. The van der Waals surface area contributed by atoms with E-state index in [0.717, 1.165) is 25.9 Å². The van der Waals surface area contributed by atoms with Gasteiger partial charge in [0, 0.05) is 12.8 Å². The molecule has 1 aromatic heterocycles. The van der Waals surface area contributed by atoms with E-state index in [1.165, 1.54) is 6.07 Å². The van der Waals surface area contributed by atoms with Crippen molar-refractivity contribution < 1.29 is 9.94 Å². The van der Waals surface area contributed by atoms with Crippen molar-refractivity contribution in [3.63, 3.8) is 0 Å². The molecule has 2 rings (SSSR count). The topological polar surface area (TPSA) is 89.8 Å². The van der Waals surface area contributed by atoms with Crippen LogP contribution in [0.15, 0.2) is 28.3 Å². The van der Waals surface area contributed by atoms with Crippen LogP contribution >= 0.6 is 0 Å². The summed E-state index contributed by atoms with van der Waals surface area (Å²) in [4.78, 5) is 12.1. The van der Waals surface area contributed by atoms with Gasteiger partial charge in [0.25, 0.3) is 5.56 Å². The van der Waals surface area contributed by atoms with Crippen molar-refractivity contribution >= 4 is 5.84 Å². The van der Waals surface area contributed by atoms with Gasteiger partial charge in [0.05, 0.1) is 18.2 Å². The van der Waals surface area contributed by atoms with Crippen LogP contribution in [0.3, 0.4) is 0 Å². The Labute approximate surface area is 105 Å². The molecule has 18 heavy (non-hydrogen) atoms. The zero-order chi connectivity index (χ0) is 13.0. The second-order valence-electron chi connectivity index (χ2n) is 4.35. The van der Waals surface area contributed by atoms with Gasteiger partial charge >= 0.3 is 0 Å². The Balaban J connectivity index is 2.20. The van der Waals surface area contributed by atoms with Gasteiger partial charge in [-0.3, -0.25) is 4.79 Å². The zero-order valence-electron chi connectivity index (χ0n) is 10.1. The van der Waals surface area contributed by atoms with E-state index in [9.17, 15) is 4.79 Å². The monoisotopic (exact) mass is 251 g/mol. The average Bonchev–Trinajstić information content (AvgIpc) is 2.41. The molecule has 6 nitrogen and oxygen atoms in total. The summed E-state index contributed by atoms with van der Waals surface area (Å²) < 4.78 is 7.14. The zero-order valence-corrected chi connectivity index (χ0v) is 10.1. The van der Waals surface area contributed by atoms with Crippen LogP contribution in [0.2, 0.25) is 0 Å². The number of hydrogen-bond donors (Lipinski definition) is 2. The highest BCUT2D eigenvalue weighted by Crippen LogP contribution is 2.13. The van der Waals surface area contributed by atoms with Crippen molar-refractivity contribution in [3.05, 3.63) is 34.2 Å². The molecule has 2 heterocycles. The maximum Gasteiger partial charge on any atom is 0.261 e. The summed E-state index contributed by atoms with van der Waals surface area (Å²) in [6.07, 6.45) is 4.92. The summed E-state index contributed by atoms with van der Waals surface area (Å²) in [6, 6.07) is 3.24. The molecule has 1 unspecified atom stereocenters. The maximum absolute atomic E-state index is 12.1. The number of aromatic nitrogens is 1. The predicted octanol–water partition coefficient (Wildman–Crippen LogP) is 0.512. The number of nitrogens with zero attached hydrogens (tertiary/aromatic N) is 2. The van der Waals surface area contributed by atoms with Gasteiger partial charge in [0.1, 0.15) is 0 Å². The fourth-order valence-corrected chi connectivity index (χ4v) is 2.10. The molecule has 3 N–H and O–H groups in total. The number of ether oxygens (including phenoxy) is 1. The van der Waals surface area contributed by atoms with Crippen molar-refractivity contribution in [2.75, 3.05) is 6.61 Å². The van der Waals surface area contributed by atoms with Crippen LogP contribution in [0.4, 0.5) is 0 Å². The van der Waals surface area contributed by atoms with Crippen LogP contribution in [-0.4, -0.2) is 28.3 Å². The lowest BCUT2D eigenvalue weighted by Gasteiger charge is -2.23. The number of nitrogens with two attached hydrogens (primary N) is 1. The summed E-state index contributed by atoms with van der Waals surface area (Å²) in [5.41, 5.74) is 5.39. The van der Waals surface area contributed by atoms with E-state index in [2.05, 4.69) is 5.16 Å². The van der Waals surface area contributed by atoms with Crippen LogP contribution in [0.5, 0.6) is 0 Å².